The van der Waals surface area contributed by atoms with Crippen molar-refractivity contribution >= 4 is 22.9 Å². The molecule has 0 radical (unpaired) electrons. The van der Waals surface area contributed by atoms with Crippen molar-refractivity contribution in [2.75, 3.05) is 6.61 Å². The molecule has 13 heavy (non-hydrogen) atoms. The molecule has 0 amide bonds. The largest absolute Gasteiger partial charge is 0.376 e. The molecule has 0 unspecified atom stereocenters. The van der Waals surface area contributed by atoms with E-state index in [2.05, 4.69) is 5.48 Å². The minimum Gasteiger partial charge on any atom is -0.376 e. The maximum Gasteiger partial charge on any atom is 0.0742 e. The molecule has 1 aliphatic rings. The van der Waals surface area contributed by atoms with Crippen molar-refractivity contribution < 1.29 is 9.94 Å². The van der Waals surface area contributed by atoms with E-state index in [0.717, 1.165) is 28.5 Å². The third-order valence-electron chi connectivity index (χ3n) is 2.05. The molecule has 2 rings (SSSR count). The molecule has 2 heterocycles. The number of hydrogen-bond donors (Lipinski definition) is 2. The van der Waals surface area contributed by atoms with Crippen LogP contribution < -0.4 is 5.48 Å². The highest BCUT2D eigenvalue weighted by Gasteiger charge is 2.19. The minimum absolute atomic E-state index is 0.413. The summed E-state index contributed by atoms with van der Waals surface area (Å²) in [5.74, 6) is 0. The Balaban J connectivity index is 2.33. The van der Waals surface area contributed by atoms with E-state index in [1.165, 1.54) is 4.88 Å². The smallest absolute Gasteiger partial charge is 0.0742 e. The van der Waals surface area contributed by atoms with Gasteiger partial charge in [0.25, 0.3) is 0 Å². The third-order valence-corrected chi connectivity index (χ3v) is 3.91. The number of ether oxygens (including phenoxy) is 1. The molecule has 0 saturated heterocycles. The summed E-state index contributed by atoms with van der Waals surface area (Å²) in [6, 6.07) is 0. The molecule has 1 aromatic rings. The minimum atomic E-state index is 0.413. The molecule has 3 nitrogen and oxygen atoms in total. The van der Waals surface area contributed by atoms with Gasteiger partial charge in [0.05, 0.1) is 24.8 Å². The quantitative estimate of drug-likeness (QED) is 0.748. The fraction of sp³-hybridized carbons (Fsp3) is 0.500. The van der Waals surface area contributed by atoms with E-state index in [1.807, 2.05) is 0 Å². The van der Waals surface area contributed by atoms with E-state index in [-0.39, 0.29) is 0 Å². The molecule has 5 heteroatoms. The lowest BCUT2D eigenvalue weighted by atomic mass is 10.2. The number of thiophene rings is 1. The van der Waals surface area contributed by atoms with Gasteiger partial charge in [0.2, 0.25) is 0 Å². The predicted molar refractivity (Wildman–Crippen MR) is 51.3 cm³/mol. The number of fused-ring (bicyclic) bond motifs is 1. The van der Waals surface area contributed by atoms with E-state index in [0.29, 0.717) is 13.2 Å². The highest BCUT2D eigenvalue weighted by molar-refractivity contribution is 7.12. The van der Waals surface area contributed by atoms with E-state index in [4.69, 9.17) is 21.5 Å². The van der Waals surface area contributed by atoms with E-state index in [9.17, 15) is 0 Å². The second kappa shape index (κ2) is 3.94. The van der Waals surface area contributed by atoms with Crippen LogP contribution in [0.15, 0.2) is 0 Å². The maximum atomic E-state index is 8.57. The Labute approximate surface area is 85.2 Å². The van der Waals surface area contributed by atoms with Crippen LogP contribution in [0.3, 0.4) is 0 Å². The first-order valence-electron chi connectivity index (χ1n) is 4.06. The summed E-state index contributed by atoms with van der Waals surface area (Å²) < 4.78 is 5.31. The molecular weight excluding hydrogens is 210 g/mol. The van der Waals surface area contributed by atoms with Crippen LogP contribution in [0.1, 0.15) is 15.3 Å². The number of nitrogens with one attached hydrogen (secondary N) is 1. The molecule has 0 saturated carbocycles. The highest BCUT2D eigenvalue weighted by Crippen LogP contribution is 2.35. The molecule has 72 valence electrons. The van der Waals surface area contributed by atoms with Crippen molar-refractivity contribution in [3.05, 3.63) is 20.3 Å². The normalized spacial score (nSPS) is 15.8. The standard InChI is InChI=1S/C8H10ClNO2S/c9-8-5-4-12-2-1-6(5)13-7(8)3-10-11/h10-11H,1-4H2. The number of halogens is 1. The van der Waals surface area contributed by atoms with E-state index < -0.39 is 0 Å². The van der Waals surface area contributed by atoms with E-state index in [1.54, 1.807) is 11.3 Å². The van der Waals surface area contributed by atoms with Crippen LogP contribution in [0.25, 0.3) is 0 Å². The lowest BCUT2D eigenvalue weighted by Crippen LogP contribution is -2.07. The molecule has 0 aromatic carbocycles. The van der Waals surface area contributed by atoms with Gasteiger partial charge in [-0.15, -0.1) is 11.3 Å². The molecule has 0 aliphatic carbocycles. The highest BCUT2D eigenvalue weighted by atomic mass is 35.5. The monoisotopic (exact) mass is 219 g/mol. The zero-order valence-electron chi connectivity index (χ0n) is 6.97. The number of hydroxylamine groups is 1. The van der Waals surface area contributed by atoms with Gasteiger partial charge in [-0.25, -0.2) is 5.48 Å². The van der Waals surface area contributed by atoms with Crippen molar-refractivity contribution in [1.29, 1.82) is 0 Å². The summed E-state index contributed by atoms with van der Waals surface area (Å²) in [4.78, 5) is 2.28. The number of hydrogen-bond acceptors (Lipinski definition) is 4. The molecule has 0 atom stereocenters. The van der Waals surface area contributed by atoms with Gasteiger partial charge in [-0.05, 0) is 0 Å². The summed E-state index contributed by atoms with van der Waals surface area (Å²) in [6.45, 7) is 1.79. The summed E-state index contributed by atoms with van der Waals surface area (Å²) in [5, 5.41) is 9.32. The van der Waals surface area contributed by atoms with Gasteiger partial charge < -0.3 is 9.94 Å². The Bertz CT molecular complexity index is 313. The summed E-state index contributed by atoms with van der Waals surface area (Å²) in [5.41, 5.74) is 3.22. The predicted octanol–water partition coefficient (Wildman–Crippen LogP) is 1.95. The maximum absolute atomic E-state index is 8.57. The van der Waals surface area contributed by atoms with Crippen LogP contribution in [0, 0.1) is 0 Å². The van der Waals surface area contributed by atoms with Crippen LogP contribution >= 0.6 is 22.9 Å². The van der Waals surface area contributed by atoms with Crippen molar-refractivity contribution in [1.82, 2.24) is 5.48 Å². The SMILES string of the molecule is ONCc1sc2c(c1Cl)COCC2. The van der Waals surface area contributed by atoms with Gasteiger partial charge in [0, 0.05) is 21.7 Å². The van der Waals surface area contributed by atoms with E-state index >= 15 is 0 Å². The first-order valence-corrected chi connectivity index (χ1v) is 5.26. The first kappa shape index (κ1) is 9.43. The fourth-order valence-electron chi connectivity index (χ4n) is 1.42. The summed E-state index contributed by atoms with van der Waals surface area (Å²) in [6.07, 6.45) is 0.936. The zero-order valence-corrected chi connectivity index (χ0v) is 8.54. The third kappa shape index (κ3) is 1.73. The molecule has 1 aromatic heterocycles. The Kier molecular flexibility index (Phi) is 2.86. The Morgan fingerprint density at radius 3 is 3.15 bits per heavy atom. The Hall–Kier alpha value is -0.130. The van der Waals surface area contributed by atoms with Crippen LogP contribution in [0.4, 0.5) is 0 Å². The van der Waals surface area contributed by atoms with Crippen molar-refractivity contribution in [2.24, 2.45) is 0 Å². The van der Waals surface area contributed by atoms with Gasteiger partial charge in [-0.1, -0.05) is 11.6 Å². The molecule has 0 fully saturated rings. The second-order valence-electron chi connectivity index (χ2n) is 2.88. The van der Waals surface area contributed by atoms with Crippen molar-refractivity contribution in [3.63, 3.8) is 0 Å². The summed E-state index contributed by atoms with van der Waals surface area (Å²) >= 11 is 7.75. The average Bonchev–Trinajstić information content (AvgIpc) is 2.46. The Morgan fingerprint density at radius 1 is 1.62 bits per heavy atom. The topological polar surface area (TPSA) is 41.5 Å². The molecule has 1 aliphatic heterocycles. The fourth-order valence-corrected chi connectivity index (χ4v) is 2.94. The average molecular weight is 220 g/mol. The molecule has 0 spiro atoms. The molecule has 0 bridgehead atoms. The van der Waals surface area contributed by atoms with Gasteiger partial charge >= 0.3 is 0 Å². The molecular formula is C8H10ClNO2S. The molecule has 2 N–H and O–H groups in total. The number of rotatable bonds is 2. The van der Waals surface area contributed by atoms with Crippen LogP contribution in [0.5, 0.6) is 0 Å². The zero-order chi connectivity index (χ0) is 9.26. The van der Waals surface area contributed by atoms with Gasteiger partial charge in [0.15, 0.2) is 0 Å². The lowest BCUT2D eigenvalue weighted by molar-refractivity contribution is 0.112. The van der Waals surface area contributed by atoms with Gasteiger partial charge in [-0.3, -0.25) is 0 Å². The van der Waals surface area contributed by atoms with Crippen molar-refractivity contribution in [3.8, 4) is 0 Å². The Morgan fingerprint density at radius 2 is 2.46 bits per heavy atom. The van der Waals surface area contributed by atoms with Gasteiger partial charge in [0.1, 0.15) is 0 Å². The van der Waals surface area contributed by atoms with Crippen LogP contribution in [-0.2, 0) is 24.3 Å². The van der Waals surface area contributed by atoms with Crippen LogP contribution in [-0.4, -0.2) is 11.8 Å². The summed E-state index contributed by atoms with van der Waals surface area (Å²) in [7, 11) is 0. The lowest BCUT2D eigenvalue weighted by Gasteiger charge is -2.11. The van der Waals surface area contributed by atoms with Crippen molar-refractivity contribution in [2.45, 2.75) is 19.6 Å². The van der Waals surface area contributed by atoms with Gasteiger partial charge in [-0.2, -0.15) is 0 Å². The van der Waals surface area contributed by atoms with Crippen LogP contribution in [0.2, 0.25) is 5.02 Å². The first-order chi connectivity index (χ1) is 6.33. The second-order valence-corrected chi connectivity index (χ2v) is 4.45.